The zero-order chi connectivity index (χ0) is 15.7. The zero-order valence-electron chi connectivity index (χ0n) is 11.9. The molecule has 22 heavy (non-hydrogen) atoms. The average Bonchev–Trinajstić information content (AvgIpc) is 2.95. The first kappa shape index (κ1) is 15.4. The normalized spacial score (nSPS) is 24.8. The van der Waals surface area contributed by atoms with E-state index in [-0.39, 0.29) is 18.6 Å². The quantitative estimate of drug-likeness (QED) is 0.897. The fourth-order valence-electron chi connectivity index (χ4n) is 3.06. The summed E-state index contributed by atoms with van der Waals surface area (Å²) in [5.74, 6) is -0.0738. The van der Waals surface area contributed by atoms with Gasteiger partial charge in [-0.05, 0) is 36.6 Å². The van der Waals surface area contributed by atoms with Gasteiger partial charge in [-0.2, -0.15) is 0 Å². The molecular weight excluding hydrogens is 327 g/mol. The number of hydrogen-bond acceptors (Lipinski definition) is 3. The molecule has 1 aromatic rings. The molecule has 7 heteroatoms. The maximum atomic E-state index is 12.7. The second-order valence-corrected chi connectivity index (χ2v) is 6.39. The molecule has 0 aliphatic carbocycles. The third kappa shape index (κ3) is 3.15. The number of rotatable bonds is 2. The second-order valence-electron chi connectivity index (χ2n) is 5.51. The highest BCUT2D eigenvalue weighted by atomic mass is 35.5. The average molecular weight is 343 g/mol. The number of alkyl carbamates (subject to hydrolysis) is 1. The van der Waals surface area contributed by atoms with E-state index in [4.69, 9.17) is 27.9 Å². The molecule has 1 N–H and O–H groups in total. The van der Waals surface area contributed by atoms with Crippen molar-refractivity contribution >= 4 is 35.2 Å². The third-order valence-electron chi connectivity index (χ3n) is 4.04. The molecule has 118 valence electrons. The summed E-state index contributed by atoms with van der Waals surface area (Å²) in [5.41, 5.74) is 0.932. The lowest BCUT2D eigenvalue weighted by Gasteiger charge is -2.31. The Hall–Kier alpha value is -1.46. The predicted molar refractivity (Wildman–Crippen MR) is 83.0 cm³/mol. The minimum Gasteiger partial charge on any atom is -0.449 e. The Bertz CT molecular complexity index is 588. The number of amides is 2. The van der Waals surface area contributed by atoms with Gasteiger partial charge in [-0.1, -0.05) is 23.2 Å². The number of nitrogens with one attached hydrogen (secondary N) is 1. The smallest absolute Gasteiger partial charge is 0.407 e. The molecule has 2 fully saturated rings. The van der Waals surface area contributed by atoms with Crippen LogP contribution >= 0.6 is 23.2 Å². The number of halogens is 2. The summed E-state index contributed by atoms with van der Waals surface area (Å²) in [5, 5.41) is 3.70. The van der Waals surface area contributed by atoms with Crippen LogP contribution in [0.1, 0.15) is 30.9 Å². The fraction of sp³-hybridized carbons (Fsp3) is 0.467. The van der Waals surface area contributed by atoms with Crippen LogP contribution in [0.3, 0.4) is 0 Å². The number of carbonyl (C=O) groups is 2. The summed E-state index contributed by atoms with van der Waals surface area (Å²) in [6.07, 6.45) is 1.73. The van der Waals surface area contributed by atoms with Crippen LogP contribution in [0.15, 0.2) is 18.2 Å². The Morgan fingerprint density at radius 1 is 1.23 bits per heavy atom. The number of nitrogens with zero attached hydrogens (tertiary/aromatic N) is 1. The van der Waals surface area contributed by atoms with Crippen LogP contribution < -0.4 is 5.32 Å². The maximum Gasteiger partial charge on any atom is 0.407 e. The van der Waals surface area contributed by atoms with Crippen LogP contribution in [-0.4, -0.2) is 36.1 Å². The molecule has 1 aromatic carbocycles. The molecule has 5 nitrogen and oxygen atoms in total. The molecule has 2 atom stereocenters. The summed E-state index contributed by atoms with van der Waals surface area (Å²) in [6, 6.07) is 4.78. The SMILES string of the molecule is O=C1NC(C(=O)N2CCCC2c2cc(Cl)cc(Cl)c2)CCO1. The van der Waals surface area contributed by atoms with Crippen LogP contribution in [0, 0.1) is 0 Å². The number of ether oxygens (including phenoxy) is 1. The van der Waals surface area contributed by atoms with Crippen LogP contribution in [0.4, 0.5) is 4.79 Å². The fourth-order valence-corrected chi connectivity index (χ4v) is 3.60. The van der Waals surface area contributed by atoms with E-state index in [0.717, 1.165) is 18.4 Å². The van der Waals surface area contributed by atoms with Gasteiger partial charge in [0.2, 0.25) is 5.91 Å². The van der Waals surface area contributed by atoms with E-state index in [1.807, 2.05) is 12.1 Å². The molecule has 0 bridgehead atoms. The number of carbonyl (C=O) groups excluding carboxylic acids is 2. The highest BCUT2D eigenvalue weighted by Crippen LogP contribution is 2.35. The minimum atomic E-state index is -0.536. The van der Waals surface area contributed by atoms with Gasteiger partial charge < -0.3 is 15.0 Å². The maximum absolute atomic E-state index is 12.7. The highest BCUT2D eigenvalue weighted by molar-refractivity contribution is 6.34. The lowest BCUT2D eigenvalue weighted by molar-refractivity contribution is -0.135. The first-order chi connectivity index (χ1) is 10.5. The predicted octanol–water partition coefficient (Wildman–Crippen LogP) is 3.16. The Labute approximate surface area is 138 Å². The number of hydrogen-bond donors (Lipinski definition) is 1. The van der Waals surface area contributed by atoms with E-state index < -0.39 is 12.1 Å². The van der Waals surface area contributed by atoms with Crippen molar-refractivity contribution in [2.45, 2.75) is 31.3 Å². The van der Waals surface area contributed by atoms with Gasteiger partial charge in [0.05, 0.1) is 12.6 Å². The van der Waals surface area contributed by atoms with Crippen molar-refractivity contribution in [3.05, 3.63) is 33.8 Å². The topological polar surface area (TPSA) is 58.6 Å². The first-order valence-electron chi connectivity index (χ1n) is 7.24. The first-order valence-corrected chi connectivity index (χ1v) is 8.00. The van der Waals surface area contributed by atoms with Crippen molar-refractivity contribution in [3.63, 3.8) is 0 Å². The molecule has 2 aliphatic heterocycles. The molecule has 2 heterocycles. The Morgan fingerprint density at radius 3 is 2.64 bits per heavy atom. The van der Waals surface area contributed by atoms with E-state index in [9.17, 15) is 9.59 Å². The van der Waals surface area contributed by atoms with Gasteiger partial charge in [0, 0.05) is 23.0 Å². The molecule has 0 radical (unpaired) electrons. The molecule has 0 saturated carbocycles. The molecule has 0 aromatic heterocycles. The van der Waals surface area contributed by atoms with E-state index >= 15 is 0 Å². The van der Waals surface area contributed by atoms with Crippen LogP contribution in [-0.2, 0) is 9.53 Å². The second kappa shape index (κ2) is 6.34. The zero-order valence-corrected chi connectivity index (χ0v) is 13.4. The molecule has 2 amide bonds. The summed E-state index contributed by atoms with van der Waals surface area (Å²) in [4.78, 5) is 25.8. The molecule has 2 saturated heterocycles. The van der Waals surface area contributed by atoms with Crippen LogP contribution in [0.5, 0.6) is 0 Å². The Balaban J connectivity index is 1.80. The number of cyclic esters (lactones) is 1. The molecule has 2 unspecified atom stereocenters. The van der Waals surface area contributed by atoms with Crippen LogP contribution in [0.25, 0.3) is 0 Å². The van der Waals surface area contributed by atoms with Crippen molar-refractivity contribution in [1.29, 1.82) is 0 Å². The molecule has 0 spiro atoms. The molecular formula is C15H16Cl2N2O3. The number of benzene rings is 1. The summed E-state index contributed by atoms with van der Waals surface area (Å²) >= 11 is 12.1. The standard InChI is InChI=1S/C15H16Cl2N2O3/c16-10-6-9(7-11(17)8-10)13-2-1-4-19(13)14(20)12-3-5-22-15(21)18-12/h6-8,12-13H,1-5H2,(H,18,21). The minimum absolute atomic E-state index is 0.0524. The van der Waals surface area contributed by atoms with Gasteiger partial charge in [-0.3, -0.25) is 4.79 Å². The van der Waals surface area contributed by atoms with Gasteiger partial charge in [-0.25, -0.2) is 4.79 Å². The molecule has 2 aliphatic rings. The van der Waals surface area contributed by atoms with E-state index in [1.165, 1.54) is 0 Å². The summed E-state index contributed by atoms with van der Waals surface area (Å²) < 4.78 is 4.81. The van der Waals surface area contributed by atoms with Gasteiger partial charge in [0.1, 0.15) is 6.04 Å². The summed E-state index contributed by atoms with van der Waals surface area (Å²) in [7, 11) is 0. The van der Waals surface area contributed by atoms with E-state index in [0.29, 0.717) is 23.0 Å². The van der Waals surface area contributed by atoms with E-state index in [2.05, 4.69) is 5.32 Å². The lowest BCUT2D eigenvalue weighted by atomic mass is 10.0. The van der Waals surface area contributed by atoms with Gasteiger partial charge in [-0.15, -0.1) is 0 Å². The van der Waals surface area contributed by atoms with Crippen LogP contribution in [0.2, 0.25) is 10.0 Å². The van der Waals surface area contributed by atoms with Gasteiger partial charge in [0.15, 0.2) is 0 Å². The van der Waals surface area contributed by atoms with Gasteiger partial charge >= 0.3 is 6.09 Å². The Morgan fingerprint density at radius 2 is 1.95 bits per heavy atom. The third-order valence-corrected chi connectivity index (χ3v) is 4.47. The van der Waals surface area contributed by atoms with Gasteiger partial charge in [0.25, 0.3) is 0 Å². The van der Waals surface area contributed by atoms with E-state index in [1.54, 1.807) is 11.0 Å². The molecule has 3 rings (SSSR count). The van der Waals surface area contributed by atoms with Crippen molar-refractivity contribution < 1.29 is 14.3 Å². The van der Waals surface area contributed by atoms with Crippen molar-refractivity contribution in [2.24, 2.45) is 0 Å². The Kier molecular flexibility index (Phi) is 4.45. The number of likely N-dealkylation sites (tertiary alicyclic amines) is 1. The highest BCUT2D eigenvalue weighted by Gasteiger charge is 2.36. The monoisotopic (exact) mass is 342 g/mol. The largest absolute Gasteiger partial charge is 0.449 e. The lowest BCUT2D eigenvalue weighted by Crippen LogP contribution is -2.51. The van der Waals surface area contributed by atoms with Crippen molar-refractivity contribution in [2.75, 3.05) is 13.2 Å². The van der Waals surface area contributed by atoms with Crippen molar-refractivity contribution in [3.8, 4) is 0 Å². The summed E-state index contributed by atoms with van der Waals surface area (Å²) in [6.45, 7) is 0.935. The van der Waals surface area contributed by atoms with Crippen molar-refractivity contribution in [1.82, 2.24) is 10.2 Å².